The molecule has 2 N–H and O–H groups in total. The predicted octanol–water partition coefficient (Wildman–Crippen LogP) is 3.68. The van der Waals surface area contributed by atoms with E-state index < -0.39 is 0 Å². The van der Waals surface area contributed by atoms with Gasteiger partial charge in [0.1, 0.15) is 0 Å². The lowest BCUT2D eigenvalue weighted by atomic mass is 10.1. The molecule has 1 amide bonds. The van der Waals surface area contributed by atoms with Crippen molar-refractivity contribution >= 4 is 34.5 Å². The number of anilines is 1. The smallest absolute Gasteiger partial charge is 0.251 e. The number of aryl methyl sites for hydroxylation is 1. The summed E-state index contributed by atoms with van der Waals surface area (Å²) in [5.41, 5.74) is 2.75. The maximum Gasteiger partial charge on any atom is 0.251 e. The zero-order valence-corrected chi connectivity index (χ0v) is 12.4. The first kappa shape index (κ1) is 13.9. The SMILES string of the molecule is CNc1ccc(C(=O)NCc2ccc(Cl)s2)cc1C. The molecule has 0 spiro atoms. The van der Waals surface area contributed by atoms with Crippen LogP contribution in [0.15, 0.2) is 30.3 Å². The number of hydrogen-bond acceptors (Lipinski definition) is 3. The first-order valence-corrected chi connectivity index (χ1v) is 7.10. The summed E-state index contributed by atoms with van der Waals surface area (Å²) < 4.78 is 0.735. The van der Waals surface area contributed by atoms with Crippen LogP contribution in [-0.2, 0) is 6.54 Å². The second-order valence-electron chi connectivity index (χ2n) is 4.17. The Bertz CT molecular complexity index is 595. The van der Waals surface area contributed by atoms with Gasteiger partial charge in [0, 0.05) is 23.2 Å². The Hall–Kier alpha value is -1.52. The van der Waals surface area contributed by atoms with Crippen LogP contribution in [-0.4, -0.2) is 13.0 Å². The van der Waals surface area contributed by atoms with E-state index >= 15 is 0 Å². The molecule has 0 saturated heterocycles. The largest absolute Gasteiger partial charge is 0.388 e. The Kier molecular flexibility index (Phi) is 4.45. The molecular formula is C14H15ClN2OS. The van der Waals surface area contributed by atoms with E-state index in [2.05, 4.69) is 10.6 Å². The van der Waals surface area contributed by atoms with Gasteiger partial charge >= 0.3 is 0 Å². The number of carbonyl (C=O) groups is 1. The molecule has 0 unspecified atom stereocenters. The highest BCUT2D eigenvalue weighted by Gasteiger charge is 2.07. The minimum Gasteiger partial charge on any atom is -0.388 e. The molecule has 3 nitrogen and oxygen atoms in total. The molecule has 0 radical (unpaired) electrons. The molecule has 0 aliphatic heterocycles. The molecule has 0 saturated carbocycles. The molecule has 2 aromatic rings. The van der Waals surface area contributed by atoms with Gasteiger partial charge in [-0.1, -0.05) is 11.6 Å². The fourth-order valence-corrected chi connectivity index (χ4v) is 2.83. The van der Waals surface area contributed by atoms with E-state index in [0.717, 1.165) is 20.5 Å². The maximum atomic E-state index is 12.0. The lowest BCUT2D eigenvalue weighted by Gasteiger charge is -2.08. The van der Waals surface area contributed by atoms with Crippen molar-refractivity contribution in [3.05, 3.63) is 50.7 Å². The van der Waals surface area contributed by atoms with E-state index in [1.54, 1.807) is 0 Å². The van der Waals surface area contributed by atoms with Crippen LogP contribution in [0.2, 0.25) is 4.34 Å². The highest BCUT2D eigenvalue weighted by Crippen LogP contribution is 2.21. The average molecular weight is 295 g/mol. The van der Waals surface area contributed by atoms with Crippen molar-refractivity contribution < 1.29 is 4.79 Å². The van der Waals surface area contributed by atoms with Crippen LogP contribution in [0.5, 0.6) is 0 Å². The van der Waals surface area contributed by atoms with E-state index in [-0.39, 0.29) is 5.91 Å². The molecule has 19 heavy (non-hydrogen) atoms. The van der Waals surface area contributed by atoms with Crippen molar-refractivity contribution in [1.29, 1.82) is 0 Å². The summed E-state index contributed by atoms with van der Waals surface area (Å²) in [6.45, 7) is 2.48. The monoisotopic (exact) mass is 294 g/mol. The summed E-state index contributed by atoms with van der Waals surface area (Å²) in [6, 6.07) is 9.35. The number of rotatable bonds is 4. The van der Waals surface area contributed by atoms with E-state index in [1.165, 1.54) is 11.3 Å². The molecule has 100 valence electrons. The number of nitrogens with one attached hydrogen (secondary N) is 2. The normalized spacial score (nSPS) is 10.3. The van der Waals surface area contributed by atoms with Gasteiger partial charge in [0.15, 0.2) is 0 Å². The highest BCUT2D eigenvalue weighted by molar-refractivity contribution is 7.16. The van der Waals surface area contributed by atoms with Crippen LogP contribution < -0.4 is 10.6 Å². The second-order valence-corrected chi connectivity index (χ2v) is 5.97. The minimum atomic E-state index is -0.0738. The molecule has 5 heteroatoms. The van der Waals surface area contributed by atoms with Crippen molar-refractivity contribution in [1.82, 2.24) is 5.32 Å². The second kappa shape index (κ2) is 6.08. The summed E-state index contributed by atoms with van der Waals surface area (Å²) in [5, 5.41) is 5.96. The van der Waals surface area contributed by atoms with Crippen molar-refractivity contribution in [3.63, 3.8) is 0 Å². The number of carbonyl (C=O) groups excluding carboxylic acids is 1. The quantitative estimate of drug-likeness (QED) is 0.903. The summed E-state index contributed by atoms with van der Waals surface area (Å²) >= 11 is 7.32. The van der Waals surface area contributed by atoms with Crippen molar-refractivity contribution in [2.45, 2.75) is 13.5 Å². The third kappa shape index (κ3) is 3.49. The molecular weight excluding hydrogens is 280 g/mol. The first-order valence-electron chi connectivity index (χ1n) is 5.91. The minimum absolute atomic E-state index is 0.0738. The van der Waals surface area contributed by atoms with Crippen molar-refractivity contribution in [2.24, 2.45) is 0 Å². The Morgan fingerprint density at radius 2 is 2.11 bits per heavy atom. The fraction of sp³-hybridized carbons (Fsp3) is 0.214. The molecule has 0 bridgehead atoms. The highest BCUT2D eigenvalue weighted by atomic mass is 35.5. The third-order valence-corrected chi connectivity index (χ3v) is 4.04. The van der Waals surface area contributed by atoms with E-state index in [4.69, 9.17) is 11.6 Å². The van der Waals surface area contributed by atoms with Crippen LogP contribution in [0, 0.1) is 6.92 Å². The lowest BCUT2D eigenvalue weighted by molar-refractivity contribution is 0.0951. The molecule has 1 aromatic heterocycles. The first-order chi connectivity index (χ1) is 9.10. The van der Waals surface area contributed by atoms with Crippen LogP contribution in [0.1, 0.15) is 20.8 Å². The van der Waals surface area contributed by atoms with Gasteiger partial charge in [-0.15, -0.1) is 11.3 Å². The van der Waals surface area contributed by atoms with E-state index in [9.17, 15) is 4.79 Å². The topological polar surface area (TPSA) is 41.1 Å². The van der Waals surface area contributed by atoms with Gasteiger partial charge in [-0.05, 0) is 42.8 Å². The number of halogens is 1. The Labute approximate surface area is 121 Å². The average Bonchev–Trinajstić information content (AvgIpc) is 2.81. The van der Waals surface area contributed by atoms with Gasteiger partial charge < -0.3 is 10.6 Å². The van der Waals surface area contributed by atoms with Crippen LogP contribution in [0.25, 0.3) is 0 Å². The van der Waals surface area contributed by atoms with Crippen LogP contribution >= 0.6 is 22.9 Å². The van der Waals surface area contributed by atoms with Gasteiger partial charge in [-0.2, -0.15) is 0 Å². The van der Waals surface area contributed by atoms with Crippen molar-refractivity contribution in [3.8, 4) is 0 Å². The molecule has 1 heterocycles. The van der Waals surface area contributed by atoms with Gasteiger partial charge in [-0.25, -0.2) is 0 Å². The summed E-state index contributed by atoms with van der Waals surface area (Å²) in [7, 11) is 1.86. The Balaban J connectivity index is 2.01. The molecule has 0 aliphatic rings. The lowest BCUT2D eigenvalue weighted by Crippen LogP contribution is -2.22. The molecule has 2 rings (SSSR count). The van der Waals surface area contributed by atoms with Gasteiger partial charge in [0.05, 0.1) is 10.9 Å². The van der Waals surface area contributed by atoms with Crippen molar-refractivity contribution in [2.75, 3.05) is 12.4 Å². The van der Waals surface area contributed by atoms with Crippen LogP contribution in [0.3, 0.4) is 0 Å². The summed E-state index contributed by atoms with van der Waals surface area (Å²) in [4.78, 5) is 13.1. The maximum absolute atomic E-state index is 12.0. The zero-order valence-electron chi connectivity index (χ0n) is 10.8. The van der Waals surface area contributed by atoms with Gasteiger partial charge in [0.2, 0.25) is 0 Å². The molecule has 0 aliphatic carbocycles. The third-order valence-electron chi connectivity index (χ3n) is 2.81. The number of benzene rings is 1. The molecule has 1 aromatic carbocycles. The van der Waals surface area contributed by atoms with E-state index in [1.807, 2.05) is 44.3 Å². The number of hydrogen-bond donors (Lipinski definition) is 2. The zero-order chi connectivity index (χ0) is 13.8. The fourth-order valence-electron chi connectivity index (χ4n) is 1.80. The predicted molar refractivity (Wildman–Crippen MR) is 81.2 cm³/mol. The van der Waals surface area contributed by atoms with E-state index in [0.29, 0.717) is 12.1 Å². The summed E-state index contributed by atoms with van der Waals surface area (Å²) in [6.07, 6.45) is 0. The molecule has 0 atom stereocenters. The van der Waals surface area contributed by atoms with Gasteiger partial charge in [0.25, 0.3) is 5.91 Å². The summed E-state index contributed by atoms with van der Waals surface area (Å²) in [5.74, 6) is -0.0738. The Morgan fingerprint density at radius 3 is 2.68 bits per heavy atom. The number of amides is 1. The Morgan fingerprint density at radius 1 is 1.32 bits per heavy atom. The van der Waals surface area contributed by atoms with Crippen LogP contribution in [0.4, 0.5) is 5.69 Å². The van der Waals surface area contributed by atoms with Gasteiger partial charge in [-0.3, -0.25) is 4.79 Å². The number of thiophene rings is 1. The standard InChI is InChI=1S/C14H15ClN2OS/c1-9-7-10(3-5-12(9)16-2)14(18)17-8-11-4-6-13(15)19-11/h3-7,16H,8H2,1-2H3,(H,17,18). The molecule has 0 fully saturated rings.